The number of likely N-dealkylation sites (N-methyl/N-ethyl adjacent to an activating group) is 1. The lowest BCUT2D eigenvalue weighted by Gasteiger charge is -2.19. The second-order valence-electron chi connectivity index (χ2n) is 4.38. The SMILES string of the molecule is CCC(CNC(=O)N(C)CCc1cccs1)C(=O)O. The maximum Gasteiger partial charge on any atom is 0.317 e. The van der Waals surface area contributed by atoms with Crippen LogP contribution >= 0.6 is 11.3 Å². The zero-order valence-electron chi connectivity index (χ0n) is 11.3. The molecule has 19 heavy (non-hydrogen) atoms. The first-order chi connectivity index (χ1) is 9.04. The predicted molar refractivity (Wildman–Crippen MR) is 75.5 cm³/mol. The van der Waals surface area contributed by atoms with Gasteiger partial charge in [0.05, 0.1) is 5.92 Å². The van der Waals surface area contributed by atoms with Crippen molar-refractivity contribution in [2.24, 2.45) is 5.92 Å². The van der Waals surface area contributed by atoms with Crippen molar-refractivity contribution in [3.8, 4) is 0 Å². The second-order valence-corrected chi connectivity index (χ2v) is 5.41. The molecule has 1 rings (SSSR count). The Morgan fingerprint density at radius 3 is 2.79 bits per heavy atom. The maximum atomic E-state index is 11.8. The molecule has 0 bridgehead atoms. The highest BCUT2D eigenvalue weighted by molar-refractivity contribution is 7.09. The van der Waals surface area contributed by atoms with Crippen molar-refractivity contribution in [2.45, 2.75) is 19.8 Å². The summed E-state index contributed by atoms with van der Waals surface area (Å²) in [5.74, 6) is -1.39. The highest BCUT2D eigenvalue weighted by Crippen LogP contribution is 2.09. The number of hydrogen-bond donors (Lipinski definition) is 2. The Bertz CT molecular complexity index is 406. The maximum absolute atomic E-state index is 11.8. The fourth-order valence-electron chi connectivity index (χ4n) is 1.59. The van der Waals surface area contributed by atoms with Crippen LogP contribution in [0, 0.1) is 5.92 Å². The summed E-state index contributed by atoms with van der Waals surface area (Å²) in [4.78, 5) is 25.4. The molecule has 0 aromatic carbocycles. The quantitative estimate of drug-likeness (QED) is 0.805. The first-order valence-corrected chi connectivity index (χ1v) is 7.16. The summed E-state index contributed by atoms with van der Waals surface area (Å²) in [5.41, 5.74) is 0. The number of thiophene rings is 1. The standard InChI is InChI=1S/C13H20N2O3S/c1-3-10(12(16)17)9-14-13(18)15(2)7-6-11-5-4-8-19-11/h4-5,8,10H,3,6-7,9H2,1-2H3,(H,14,18)(H,16,17). The van der Waals surface area contributed by atoms with Gasteiger partial charge in [0.25, 0.3) is 0 Å². The Hall–Kier alpha value is -1.56. The minimum absolute atomic E-state index is 0.175. The van der Waals surface area contributed by atoms with Gasteiger partial charge in [0.2, 0.25) is 0 Å². The first-order valence-electron chi connectivity index (χ1n) is 6.28. The monoisotopic (exact) mass is 284 g/mol. The van der Waals surface area contributed by atoms with Crippen molar-refractivity contribution in [1.29, 1.82) is 0 Å². The highest BCUT2D eigenvalue weighted by atomic mass is 32.1. The van der Waals surface area contributed by atoms with Crippen LogP contribution in [0.3, 0.4) is 0 Å². The average molecular weight is 284 g/mol. The molecule has 1 heterocycles. The summed E-state index contributed by atoms with van der Waals surface area (Å²) in [6, 6.07) is 3.79. The Morgan fingerprint density at radius 2 is 2.26 bits per heavy atom. The van der Waals surface area contributed by atoms with Gasteiger partial charge >= 0.3 is 12.0 Å². The Balaban J connectivity index is 2.30. The van der Waals surface area contributed by atoms with E-state index < -0.39 is 11.9 Å². The number of nitrogens with zero attached hydrogens (tertiary/aromatic N) is 1. The fourth-order valence-corrected chi connectivity index (χ4v) is 2.28. The molecule has 0 fully saturated rings. The van der Waals surface area contributed by atoms with Crippen LogP contribution in [0.15, 0.2) is 17.5 Å². The number of amides is 2. The molecule has 0 aliphatic heterocycles. The molecule has 1 aromatic rings. The van der Waals surface area contributed by atoms with E-state index >= 15 is 0 Å². The van der Waals surface area contributed by atoms with Crippen LogP contribution in [0.5, 0.6) is 0 Å². The molecule has 1 atom stereocenters. The van der Waals surface area contributed by atoms with E-state index in [-0.39, 0.29) is 12.6 Å². The summed E-state index contributed by atoms with van der Waals surface area (Å²) < 4.78 is 0. The Labute approximate surface area is 117 Å². The number of carboxylic acids is 1. The van der Waals surface area contributed by atoms with Crippen LogP contribution in [0.2, 0.25) is 0 Å². The minimum Gasteiger partial charge on any atom is -0.481 e. The van der Waals surface area contributed by atoms with Crippen LogP contribution in [0.1, 0.15) is 18.2 Å². The number of hydrogen-bond acceptors (Lipinski definition) is 3. The third kappa shape index (κ3) is 5.30. The second kappa shape index (κ2) is 7.78. The number of rotatable bonds is 7. The topological polar surface area (TPSA) is 69.6 Å². The minimum atomic E-state index is -0.871. The Kier molecular flexibility index (Phi) is 6.35. The van der Waals surface area contributed by atoms with Gasteiger partial charge in [-0.1, -0.05) is 13.0 Å². The molecule has 0 saturated carbocycles. The van der Waals surface area contributed by atoms with Gasteiger partial charge in [0.1, 0.15) is 0 Å². The van der Waals surface area contributed by atoms with E-state index in [0.29, 0.717) is 13.0 Å². The molecule has 2 amide bonds. The van der Waals surface area contributed by atoms with Crippen molar-refractivity contribution in [1.82, 2.24) is 10.2 Å². The van der Waals surface area contributed by atoms with E-state index in [9.17, 15) is 9.59 Å². The molecule has 1 unspecified atom stereocenters. The third-order valence-corrected chi connectivity index (χ3v) is 3.90. The van der Waals surface area contributed by atoms with Gasteiger partial charge in [-0.05, 0) is 24.3 Å². The van der Waals surface area contributed by atoms with Crippen LogP contribution in [0.25, 0.3) is 0 Å². The van der Waals surface area contributed by atoms with Crippen LogP contribution in [-0.2, 0) is 11.2 Å². The van der Waals surface area contributed by atoms with Crippen molar-refractivity contribution < 1.29 is 14.7 Å². The molecular weight excluding hydrogens is 264 g/mol. The molecular formula is C13H20N2O3S. The lowest BCUT2D eigenvalue weighted by molar-refractivity contribution is -0.141. The normalized spacial score (nSPS) is 11.9. The zero-order chi connectivity index (χ0) is 14.3. The molecule has 0 aliphatic carbocycles. The number of carboxylic acid groups (broad SMARTS) is 1. The van der Waals surface area contributed by atoms with Crippen molar-refractivity contribution in [3.05, 3.63) is 22.4 Å². The summed E-state index contributed by atoms with van der Waals surface area (Å²) >= 11 is 1.67. The molecule has 0 spiro atoms. The van der Waals surface area contributed by atoms with Crippen LogP contribution < -0.4 is 5.32 Å². The van der Waals surface area contributed by atoms with Gasteiger partial charge in [0.15, 0.2) is 0 Å². The molecule has 6 heteroatoms. The summed E-state index contributed by atoms with van der Waals surface area (Å²) in [6.07, 6.45) is 1.33. The number of carbonyl (C=O) groups is 2. The Morgan fingerprint density at radius 1 is 1.53 bits per heavy atom. The largest absolute Gasteiger partial charge is 0.481 e. The van der Waals surface area contributed by atoms with Gasteiger partial charge < -0.3 is 15.3 Å². The van der Waals surface area contributed by atoms with Gasteiger partial charge in [-0.25, -0.2) is 4.79 Å². The molecule has 5 nitrogen and oxygen atoms in total. The highest BCUT2D eigenvalue weighted by Gasteiger charge is 2.17. The van der Waals surface area contributed by atoms with Crippen molar-refractivity contribution in [3.63, 3.8) is 0 Å². The summed E-state index contributed by atoms with van der Waals surface area (Å²) in [6.45, 7) is 2.59. The molecule has 0 saturated heterocycles. The van der Waals surface area contributed by atoms with Crippen LogP contribution in [-0.4, -0.2) is 42.1 Å². The molecule has 2 N–H and O–H groups in total. The van der Waals surface area contributed by atoms with E-state index in [1.54, 1.807) is 30.2 Å². The van der Waals surface area contributed by atoms with Gasteiger partial charge in [0, 0.05) is 25.0 Å². The third-order valence-electron chi connectivity index (χ3n) is 2.96. The lowest BCUT2D eigenvalue weighted by atomic mass is 10.1. The fraction of sp³-hybridized carbons (Fsp3) is 0.538. The molecule has 0 aliphatic rings. The van der Waals surface area contributed by atoms with E-state index in [4.69, 9.17) is 5.11 Å². The number of carbonyl (C=O) groups excluding carboxylic acids is 1. The molecule has 106 valence electrons. The zero-order valence-corrected chi connectivity index (χ0v) is 12.1. The molecule has 0 radical (unpaired) electrons. The van der Waals surface area contributed by atoms with E-state index in [1.807, 2.05) is 17.5 Å². The summed E-state index contributed by atoms with van der Waals surface area (Å²) in [7, 11) is 1.71. The van der Waals surface area contributed by atoms with Gasteiger partial charge in [-0.15, -0.1) is 11.3 Å². The summed E-state index contributed by atoms with van der Waals surface area (Å²) in [5, 5.41) is 13.6. The number of nitrogens with one attached hydrogen (secondary N) is 1. The predicted octanol–water partition coefficient (Wildman–Crippen LogP) is 2.04. The van der Waals surface area contributed by atoms with Gasteiger partial charge in [-0.3, -0.25) is 4.79 Å². The lowest BCUT2D eigenvalue weighted by Crippen LogP contribution is -2.41. The smallest absolute Gasteiger partial charge is 0.317 e. The van der Waals surface area contributed by atoms with Crippen LogP contribution in [0.4, 0.5) is 4.79 Å². The number of aliphatic carboxylic acids is 1. The van der Waals surface area contributed by atoms with Gasteiger partial charge in [-0.2, -0.15) is 0 Å². The van der Waals surface area contributed by atoms with E-state index in [2.05, 4.69) is 5.32 Å². The van der Waals surface area contributed by atoms with E-state index in [0.717, 1.165) is 6.42 Å². The van der Waals surface area contributed by atoms with E-state index in [1.165, 1.54) is 4.88 Å². The average Bonchev–Trinajstić information content (AvgIpc) is 2.89. The van der Waals surface area contributed by atoms with Crippen molar-refractivity contribution in [2.75, 3.05) is 20.1 Å². The molecule has 1 aromatic heterocycles. The first kappa shape index (κ1) is 15.5. The van der Waals surface area contributed by atoms with Crippen molar-refractivity contribution >= 4 is 23.3 Å². The number of urea groups is 1.